The van der Waals surface area contributed by atoms with Gasteiger partial charge in [0.15, 0.2) is 0 Å². The molecule has 1 atom stereocenters. The van der Waals surface area contributed by atoms with E-state index >= 15 is 0 Å². The molecule has 1 aromatic rings. The number of amides is 3. The van der Waals surface area contributed by atoms with Gasteiger partial charge >= 0.3 is 0 Å². The van der Waals surface area contributed by atoms with Gasteiger partial charge in [0.1, 0.15) is 6.04 Å². The maximum atomic E-state index is 12.2. The van der Waals surface area contributed by atoms with Gasteiger partial charge in [0.2, 0.25) is 17.7 Å². The highest BCUT2D eigenvalue weighted by atomic mass is 16.2. The number of carbonyl (C=O) groups is 3. The van der Waals surface area contributed by atoms with E-state index in [0.717, 1.165) is 19.3 Å². The number of nitrogens with two attached hydrogens (primary N) is 1. The molecule has 6 heteroatoms. The van der Waals surface area contributed by atoms with Crippen LogP contribution < -0.4 is 16.4 Å². The zero-order chi connectivity index (χ0) is 17.2. The lowest BCUT2D eigenvalue weighted by Crippen LogP contribution is -2.43. The van der Waals surface area contributed by atoms with Crippen molar-refractivity contribution in [2.24, 2.45) is 5.73 Å². The molecule has 0 bridgehead atoms. The minimum absolute atomic E-state index is 0.0360. The summed E-state index contributed by atoms with van der Waals surface area (Å²) in [5.41, 5.74) is 6.97. The molecule has 0 radical (unpaired) electrons. The van der Waals surface area contributed by atoms with E-state index in [-0.39, 0.29) is 24.7 Å². The van der Waals surface area contributed by atoms with E-state index in [0.29, 0.717) is 5.69 Å². The number of nitrogens with one attached hydrogen (secondary N) is 2. The maximum Gasteiger partial charge on any atom is 0.246 e. The van der Waals surface area contributed by atoms with Gasteiger partial charge in [-0.2, -0.15) is 0 Å². The van der Waals surface area contributed by atoms with E-state index in [4.69, 9.17) is 5.73 Å². The van der Waals surface area contributed by atoms with Crippen LogP contribution in [-0.4, -0.2) is 23.8 Å². The molecule has 0 saturated carbocycles. The van der Waals surface area contributed by atoms with Crippen LogP contribution in [-0.2, 0) is 20.8 Å². The third-order valence-corrected chi connectivity index (χ3v) is 3.41. The number of primary amides is 1. The fraction of sp³-hybridized carbons (Fsp3) is 0.471. The zero-order valence-corrected chi connectivity index (χ0v) is 13.7. The van der Waals surface area contributed by atoms with E-state index in [1.165, 1.54) is 12.5 Å². The zero-order valence-electron chi connectivity index (χ0n) is 13.7. The first kappa shape index (κ1) is 18.7. The lowest BCUT2D eigenvalue weighted by Gasteiger charge is -2.17. The fourth-order valence-corrected chi connectivity index (χ4v) is 2.17. The molecule has 4 N–H and O–H groups in total. The van der Waals surface area contributed by atoms with Crippen molar-refractivity contribution >= 4 is 23.4 Å². The van der Waals surface area contributed by atoms with Crippen molar-refractivity contribution in [2.45, 2.75) is 52.0 Å². The normalized spacial score (nSPS) is 11.6. The highest BCUT2D eigenvalue weighted by Gasteiger charge is 2.20. The lowest BCUT2D eigenvalue weighted by atomic mass is 10.1. The molecule has 126 valence electrons. The van der Waals surface area contributed by atoms with E-state index in [1.807, 2.05) is 24.3 Å². The Morgan fingerprint density at radius 3 is 2.35 bits per heavy atom. The summed E-state index contributed by atoms with van der Waals surface area (Å²) in [7, 11) is 0. The van der Waals surface area contributed by atoms with E-state index in [2.05, 4.69) is 17.6 Å². The average Bonchev–Trinajstić information content (AvgIpc) is 2.50. The van der Waals surface area contributed by atoms with Gasteiger partial charge in [-0.25, -0.2) is 0 Å². The summed E-state index contributed by atoms with van der Waals surface area (Å²) in [6, 6.07) is 6.84. The fourth-order valence-electron chi connectivity index (χ4n) is 2.17. The van der Waals surface area contributed by atoms with Crippen LogP contribution in [0.3, 0.4) is 0 Å². The van der Waals surface area contributed by atoms with Gasteiger partial charge in [0.05, 0.1) is 0 Å². The summed E-state index contributed by atoms with van der Waals surface area (Å²) in [5.74, 6) is -1.19. The van der Waals surface area contributed by atoms with Crippen LogP contribution in [0.5, 0.6) is 0 Å². The van der Waals surface area contributed by atoms with Crippen LogP contribution in [0.15, 0.2) is 24.3 Å². The number of hydrogen-bond acceptors (Lipinski definition) is 3. The predicted molar refractivity (Wildman–Crippen MR) is 89.7 cm³/mol. The van der Waals surface area contributed by atoms with Gasteiger partial charge in [0, 0.05) is 19.0 Å². The Hall–Kier alpha value is -2.37. The van der Waals surface area contributed by atoms with Gasteiger partial charge in [-0.05, 0) is 37.0 Å². The smallest absolute Gasteiger partial charge is 0.246 e. The van der Waals surface area contributed by atoms with Crippen molar-refractivity contribution in [3.63, 3.8) is 0 Å². The molecule has 1 aromatic carbocycles. The van der Waals surface area contributed by atoms with Crippen molar-refractivity contribution in [1.29, 1.82) is 0 Å². The molecule has 0 aliphatic heterocycles. The highest BCUT2D eigenvalue weighted by molar-refractivity contribution is 5.97. The number of aryl methyl sites for hydroxylation is 1. The SMILES string of the molecule is CCCCc1ccc(NC(=O)[C@@H](CCC(N)=O)NC(C)=O)cc1. The van der Waals surface area contributed by atoms with E-state index < -0.39 is 11.9 Å². The van der Waals surface area contributed by atoms with Crippen molar-refractivity contribution in [1.82, 2.24) is 5.32 Å². The molecule has 0 unspecified atom stereocenters. The summed E-state index contributed by atoms with van der Waals surface area (Å²) >= 11 is 0. The molecule has 0 fully saturated rings. The van der Waals surface area contributed by atoms with Crippen LogP contribution in [0.25, 0.3) is 0 Å². The van der Waals surface area contributed by atoms with Gasteiger partial charge in [-0.15, -0.1) is 0 Å². The largest absolute Gasteiger partial charge is 0.370 e. The second kappa shape index (κ2) is 9.61. The monoisotopic (exact) mass is 319 g/mol. The molecule has 6 nitrogen and oxygen atoms in total. The van der Waals surface area contributed by atoms with Crippen LogP contribution >= 0.6 is 0 Å². The molecular weight excluding hydrogens is 294 g/mol. The maximum absolute atomic E-state index is 12.2. The van der Waals surface area contributed by atoms with Crippen LogP contribution in [0, 0.1) is 0 Å². The summed E-state index contributed by atoms with van der Waals surface area (Å²) in [5, 5.41) is 5.28. The van der Waals surface area contributed by atoms with Crippen molar-refractivity contribution < 1.29 is 14.4 Å². The first-order valence-corrected chi connectivity index (χ1v) is 7.87. The third kappa shape index (κ3) is 7.44. The highest BCUT2D eigenvalue weighted by Crippen LogP contribution is 2.12. The Bertz CT molecular complexity index is 541. The molecule has 3 amide bonds. The second-order valence-electron chi connectivity index (χ2n) is 5.55. The summed E-state index contributed by atoms with van der Waals surface area (Å²) in [6.07, 6.45) is 3.49. The second-order valence-corrected chi connectivity index (χ2v) is 5.55. The van der Waals surface area contributed by atoms with Gasteiger partial charge in [0.25, 0.3) is 0 Å². The Morgan fingerprint density at radius 1 is 1.17 bits per heavy atom. The first-order valence-electron chi connectivity index (χ1n) is 7.87. The molecule has 0 aliphatic rings. The Kier molecular flexibility index (Phi) is 7.80. The molecule has 0 aliphatic carbocycles. The summed E-state index contributed by atoms with van der Waals surface area (Å²) in [6.45, 7) is 3.47. The molecule has 23 heavy (non-hydrogen) atoms. The summed E-state index contributed by atoms with van der Waals surface area (Å²) in [4.78, 5) is 34.3. The van der Waals surface area contributed by atoms with Gasteiger partial charge in [-0.1, -0.05) is 25.5 Å². The quantitative estimate of drug-likeness (QED) is 0.646. The number of rotatable bonds is 9. The molecule has 0 spiro atoms. The molecule has 0 heterocycles. The third-order valence-electron chi connectivity index (χ3n) is 3.41. The van der Waals surface area contributed by atoms with Crippen LogP contribution in [0.2, 0.25) is 0 Å². The van der Waals surface area contributed by atoms with Crippen molar-refractivity contribution in [3.8, 4) is 0 Å². The number of carbonyl (C=O) groups excluding carboxylic acids is 3. The average molecular weight is 319 g/mol. The number of benzene rings is 1. The summed E-state index contributed by atoms with van der Waals surface area (Å²) < 4.78 is 0. The lowest BCUT2D eigenvalue weighted by molar-refractivity contribution is -0.126. The standard InChI is InChI=1S/C17H25N3O3/c1-3-4-5-13-6-8-14(9-7-13)20-17(23)15(19-12(2)21)10-11-16(18)22/h6-9,15H,3-5,10-11H2,1-2H3,(H2,18,22)(H,19,21)(H,20,23)/t15-/m1/s1. The topological polar surface area (TPSA) is 101 Å². The molecule has 1 rings (SSSR count). The van der Waals surface area contributed by atoms with Crippen LogP contribution in [0.1, 0.15) is 45.1 Å². The van der Waals surface area contributed by atoms with E-state index in [9.17, 15) is 14.4 Å². The van der Waals surface area contributed by atoms with Gasteiger partial charge < -0.3 is 16.4 Å². The minimum Gasteiger partial charge on any atom is -0.370 e. The number of anilines is 1. The Morgan fingerprint density at radius 2 is 1.83 bits per heavy atom. The van der Waals surface area contributed by atoms with Crippen LogP contribution in [0.4, 0.5) is 5.69 Å². The predicted octanol–water partition coefficient (Wildman–Crippen LogP) is 1.74. The minimum atomic E-state index is -0.778. The van der Waals surface area contributed by atoms with Gasteiger partial charge in [-0.3, -0.25) is 14.4 Å². The molecule has 0 saturated heterocycles. The first-order chi connectivity index (χ1) is 10.9. The molecule has 0 aromatic heterocycles. The van der Waals surface area contributed by atoms with Crippen molar-refractivity contribution in [3.05, 3.63) is 29.8 Å². The van der Waals surface area contributed by atoms with Crippen molar-refractivity contribution in [2.75, 3.05) is 5.32 Å². The van der Waals surface area contributed by atoms with E-state index in [1.54, 1.807) is 0 Å². The Labute approximate surface area is 136 Å². The number of unbranched alkanes of at least 4 members (excludes halogenated alkanes) is 1. The number of hydrogen-bond donors (Lipinski definition) is 3. The molecular formula is C17H25N3O3. The Balaban J connectivity index is 2.65.